The summed E-state index contributed by atoms with van der Waals surface area (Å²) in [6, 6.07) is 17.2. The molecular weight excluding hydrogens is 437 g/mol. The van der Waals surface area contributed by atoms with Crippen LogP contribution >= 0.6 is 11.3 Å². The highest BCUT2D eigenvalue weighted by atomic mass is 32.1. The highest BCUT2D eigenvalue weighted by Crippen LogP contribution is 2.37. The average Bonchev–Trinajstić information content (AvgIpc) is 3.19. The van der Waals surface area contributed by atoms with E-state index in [1.54, 1.807) is 36.4 Å². The third-order valence-electron chi connectivity index (χ3n) is 5.39. The second-order valence-electron chi connectivity index (χ2n) is 7.63. The van der Waals surface area contributed by atoms with Crippen LogP contribution in [0.25, 0.3) is 6.08 Å². The van der Waals surface area contributed by atoms with Crippen molar-refractivity contribution in [2.45, 2.75) is 32.3 Å². The number of rotatable bonds is 6. The number of halogens is 1. The van der Waals surface area contributed by atoms with Gasteiger partial charge in [0.1, 0.15) is 40.9 Å². The van der Waals surface area contributed by atoms with Crippen molar-refractivity contribution >= 4 is 28.3 Å². The number of nitrogens with one attached hydrogen (secondary N) is 1. The predicted molar refractivity (Wildman–Crippen MR) is 125 cm³/mol. The van der Waals surface area contributed by atoms with Crippen LogP contribution in [0.15, 0.2) is 54.1 Å². The van der Waals surface area contributed by atoms with E-state index in [-0.39, 0.29) is 11.4 Å². The Morgan fingerprint density at radius 3 is 2.52 bits per heavy atom. The molecule has 1 amide bonds. The van der Waals surface area contributed by atoms with Gasteiger partial charge in [-0.15, -0.1) is 11.3 Å². The van der Waals surface area contributed by atoms with Crippen LogP contribution in [0.4, 0.5) is 9.39 Å². The van der Waals surface area contributed by atoms with Crippen molar-refractivity contribution in [2.24, 2.45) is 0 Å². The molecule has 7 heteroatoms. The topological polar surface area (TPSA) is 85.9 Å². The summed E-state index contributed by atoms with van der Waals surface area (Å²) in [5.74, 6) is -0.221. The molecule has 0 radical (unpaired) electrons. The lowest BCUT2D eigenvalue weighted by Crippen LogP contribution is -2.13. The van der Waals surface area contributed by atoms with E-state index >= 15 is 0 Å². The van der Waals surface area contributed by atoms with Gasteiger partial charge in [0.15, 0.2) is 0 Å². The number of benzene rings is 2. The first-order valence-electron chi connectivity index (χ1n) is 10.5. The first kappa shape index (κ1) is 22.3. The standard InChI is InChI=1S/C26H20FN3O2S/c27-20-9-5-18(6-10-20)16-32-21-11-7-17(8-12-21)13-19(14-28)25(31)30-26-23(15-29)22-3-1-2-4-24(22)33-26/h5-13H,1-4,16H2,(H,30,31)/b19-13+. The molecule has 1 N–H and O–H groups in total. The molecule has 0 unspecified atom stereocenters. The summed E-state index contributed by atoms with van der Waals surface area (Å²) < 4.78 is 18.7. The molecule has 0 aliphatic heterocycles. The van der Waals surface area contributed by atoms with Gasteiger partial charge in [0.05, 0.1) is 5.56 Å². The Labute approximate surface area is 195 Å². The van der Waals surface area contributed by atoms with Crippen molar-refractivity contribution in [3.05, 3.63) is 87.1 Å². The Bertz CT molecular complexity index is 1280. The molecular formula is C26H20FN3O2S. The molecule has 0 fully saturated rings. The number of carbonyl (C=O) groups is 1. The smallest absolute Gasteiger partial charge is 0.266 e. The summed E-state index contributed by atoms with van der Waals surface area (Å²) in [4.78, 5) is 13.9. The fourth-order valence-electron chi connectivity index (χ4n) is 3.67. The molecule has 2 aromatic carbocycles. The minimum atomic E-state index is -0.538. The van der Waals surface area contributed by atoms with E-state index in [1.807, 2.05) is 6.07 Å². The number of fused-ring (bicyclic) bond motifs is 1. The largest absolute Gasteiger partial charge is 0.489 e. The van der Waals surface area contributed by atoms with Crippen molar-refractivity contribution in [2.75, 3.05) is 5.32 Å². The molecule has 0 bridgehead atoms. The van der Waals surface area contributed by atoms with Crippen molar-refractivity contribution < 1.29 is 13.9 Å². The normalized spacial score (nSPS) is 12.9. The fraction of sp³-hybridized carbons (Fsp3) is 0.192. The van der Waals surface area contributed by atoms with Gasteiger partial charge in [0.25, 0.3) is 5.91 Å². The average molecular weight is 458 g/mol. The molecule has 0 spiro atoms. The van der Waals surface area contributed by atoms with E-state index in [2.05, 4.69) is 11.4 Å². The van der Waals surface area contributed by atoms with E-state index in [0.29, 0.717) is 28.5 Å². The second-order valence-corrected chi connectivity index (χ2v) is 8.74. The quantitative estimate of drug-likeness (QED) is 0.376. The lowest BCUT2D eigenvalue weighted by molar-refractivity contribution is -0.112. The van der Waals surface area contributed by atoms with Crippen molar-refractivity contribution in [3.63, 3.8) is 0 Å². The van der Waals surface area contributed by atoms with Gasteiger partial charge in [0.2, 0.25) is 0 Å². The van der Waals surface area contributed by atoms with E-state index in [4.69, 9.17) is 4.74 Å². The van der Waals surface area contributed by atoms with Gasteiger partial charge in [-0.1, -0.05) is 24.3 Å². The van der Waals surface area contributed by atoms with Crippen LogP contribution in [0.2, 0.25) is 0 Å². The molecule has 0 saturated heterocycles. The molecule has 1 heterocycles. The van der Waals surface area contributed by atoms with Crippen LogP contribution in [-0.2, 0) is 24.2 Å². The number of aryl methyl sites for hydroxylation is 1. The van der Waals surface area contributed by atoms with Crippen LogP contribution in [0, 0.1) is 28.5 Å². The number of anilines is 1. The predicted octanol–water partition coefficient (Wildman–Crippen LogP) is 5.76. The molecule has 4 rings (SSSR count). The number of hydrogen-bond donors (Lipinski definition) is 1. The summed E-state index contributed by atoms with van der Waals surface area (Å²) in [5.41, 5.74) is 3.01. The summed E-state index contributed by atoms with van der Waals surface area (Å²) in [6.07, 6.45) is 5.39. The van der Waals surface area contributed by atoms with Gasteiger partial charge in [-0.05, 0) is 72.7 Å². The number of ether oxygens (including phenoxy) is 1. The number of hydrogen-bond acceptors (Lipinski definition) is 5. The van der Waals surface area contributed by atoms with Crippen molar-refractivity contribution in [1.82, 2.24) is 0 Å². The summed E-state index contributed by atoms with van der Waals surface area (Å²) in [7, 11) is 0. The zero-order valence-corrected chi connectivity index (χ0v) is 18.5. The number of carbonyl (C=O) groups excluding carboxylic acids is 1. The molecule has 33 heavy (non-hydrogen) atoms. The molecule has 1 aromatic heterocycles. The second kappa shape index (κ2) is 10.1. The molecule has 1 aliphatic rings. The lowest BCUT2D eigenvalue weighted by atomic mass is 9.96. The Morgan fingerprint density at radius 2 is 1.82 bits per heavy atom. The highest BCUT2D eigenvalue weighted by Gasteiger charge is 2.22. The minimum absolute atomic E-state index is 0.0507. The maximum Gasteiger partial charge on any atom is 0.266 e. The van der Waals surface area contributed by atoms with E-state index in [0.717, 1.165) is 41.7 Å². The number of thiophene rings is 1. The highest BCUT2D eigenvalue weighted by molar-refractivity contribution is 7.16. The Balaban J connectivity index is 1.43. The summed E-state index contributed by atoms with van der Waals surface area (Å²) in [5, 5.41) is 22.3. The maximum absolute atomic E-state index is 13.0. The molecule has 0 saturated carbocycles. The number of amides is 1. The number of nitriles is 2. The Kier molecular flexibility index (Phi) is 6.83. The molecule has 164 valence electrons. The zero-order chi connectivity index (χ0) is 23.2. The van der Waals surface area contributed by atoms with Gasteiger partial charge in [0, 0.05) is 4.88 Å². The maximum atomic E-state index is 13.0. The molecule has 3 aromatic rings. The molecule has 1 aliphatic carbocycles. The summed E-state index contributed by atoms with van der Waals surface area (Å²) >= 11 is 1.43. The van der Waals surface area contributed by atoms with Crippen LogP contribution < -0.4 is 10.1 Å². The fourth-order valence-corrected chi connectivity index (χ4v) is 4.90. The third-order valence-corrected chi connectivity index (χ3v) is 6.59. The van der Waals surface area contributed by atoms with Crippen molar-refractivity contribution in [3.8, 4) is 17.9 Å². The monoisotopic (exact) mass is 457 g/mol. The Morgan fingerprint density at radius 1 is 1.09 bits per heavy atom. The van der Waals surface area contributed by atoms with Gasteiger partial charge >= 0.3 is 0 Å². The van der Waals surface area contributed by atoms with Gasteiger partial charge in [-0.25, -0.2) is 4.39 Å². The minimum Gasteiger partial charge on any atom is -0.489 e. The van der Waals surface area contributed by atoms with Gasteiger partial charge in [-0.3, -0.25) is 4.79 Å². The summed E-state index contributed by atoms with van der Waals surface area (Å²) in [6.45, 7) is 0.299. The van der Waals surface area contributed by atoms with Gasteiger partial charge < -0.3 is 10.1 Å². The Hall–Kier alpha value is -3.94. The van der Waals surface area contributed by atoms with Crippen LogP contribution in [-0.4, -0.2) is 5.91 Å². The lowest BCUT2D eigenvalue weighted by Gasteiger charge is -2.09. The SMILES string of the molecule is N#C/C(=C\c1ccc(OCc2ccc(F)cc2)cc1)C(=O)Nc1sc2c(c1C#N)CCCC2. The van der Waals surface area contributed by atoms with Crippen LogP contribution in [0.1, 0.15) is 40.0 Å². The number of nitrogens with zero attached hydrogens (tertiary/aromatic N) is 2. The van der Waals surface area contributed by atoms with Crippen LogP contribution in [0.3, 0.4) is 0 Å². The van der Waals surface area contributed by atoms with E-state index in [1.165, 1.54) is 29.5 Å². The third kappa shape index (κ3) is 5.28. The van der Waals surface area contributed by atoms with Crippen LogP contribution in [0.5, 0.6) is 5.75 Å². The molecule has 5 nitrogen and oxygen atoms in total. The molecule has 0 atom stereocenters. The first-order chi connectivity index (χ1) is 16.1. The first-order valence-corrected chi connectivity index (χ1v) is 11.3. The zero-order valence-electron chi connectivity index (χ0n) is 17.7. The van der Waals surface area contributed by atoms with Crippen molar-refractivity contribution in [1.29, 1.82) is 10.5 Å². The van der Waals surface area contributed by atoms with E-state index in [9.17, 15) is 19.7 Å². The van der Waals surface area contributed by atoms with Gasteiger partial charge in [-0.2, -0.15) is 10.5 Å². The van der Waals surface area contributed by atoms with E-state index < -0.39 is 5.91 Å².